The minimum atomic E-state index is -0.610. The first-order valence-corrected chi connectivity index (χ1v) is 13.3. The van der Waals surface area contributed by atoms with Gasteiger partial charge in [0.05, 0.1) is 11.3 Å². The number of benzene rings is 2. The van der Waals surface area contributed by atoms with Crippen molar-refractivity contribution in [3.8, 4) is 16.9 Å². The first-order chi connectivity index (χ1) is 18.6. The summed E-state index contributed by atoms with van der Waals surface area (Å²) in [4.78, 5) is 28.3. The number of methoxy groups -OCH3 is 1. The van der Waals surface area contributed by atoms with Crippen LogP contribution in [0.15, 0.2) is 48.7 Å². The molecule has 2 aliphatic carbocycles. The minimum absolute atomic E-state index is 0.00313. The van der Waals surface area contributed by atoms with Crippen LogP contribution < -0.4 is 4.74 Å². The third kappa shape index (κ3) is 5.98. The highest BCUT2D eigenvalue weighted by Crippen LogP contribution is 2.36. The molecule has 2 aromatic carbocycles. The van der Waals surface area contributed by atoms with Gasteiger partial charge >= 0.3 is 6.09 Å². The van der Waals surface area contributed by atoms with Gasteiger partial charge in [-0.1, -0.05) is 18.2 Å². The summed E-state index contributed by atoms with van der Waals surface area (Å²) in [5, 5.41) is 4.45. The Morgan fingerprint density at radius 1 is 1.08 bits per heavy atom. The second-order valence-corrected chi connectivity index (χ2v) is 11.1. The molecular weight excluding hydrogens is 501 g/mol. The van der Waals surface area contributed by atoms with Crippen molar-refractivity contribution in [3.63, 3.8) is 0 Å². The van der Waals surface area contributed by atoms with Gasteiger partial charge in [0.2, 0.25) is 0 Å². The molecule has 39 heavy (non-hydrogen) atoms. The molecule has 1 atom stereocenters. The zero-order chi connectivity index (χ0) is 27.7. The predicted octanol–water partition coefficient (Wildman–Crippen LogP) is 5.62. The Labute approximate surface area is 227 Å². The lowest BCUT2D eigenvalue weighted by Gasteiger charge is -2.34. The summed E-state index contributed by atoms with van der Waals surface area (Å²) < 4.78 is 32.0. The van der Waals surface area contributed by atoms with E-state index in [0.29, 0.717) is 35.3 Å². The zero-order valence-electron chi connectivity index (χ0n) is 22.8. The molecule has 1 saturated carbocycles. The average Bonchev–Trinajstić information content (AvgIpc) is 3.63. The van der Waals surface area contributed by atoms with E-state index in [-0.39, 0.29) is 24.8 Å². The lowest BCUT2D eigenvalue weighted by atomic mass is 9.91. The van der Waals surface area contributed by atoms with Gasteiger partial charge in [-0.25, -0.2) is 9.18 Å². The number of ether oxygens (including phenoxy) is 3. The number of hydrogen-bond acceptors (Lipinski definition) is 6. The van der Waals surface area contributed by atoms with Crippen molar-refractivity contribution in [1.29, 1.82) is 0 Å². The van der Waals surface area contributed by atoms with E-state index in [4.69, 9.17) is 14.2 Å². The maximum Gasteiger partial charge on any atom is 0.435 e. The van der Waals surface area contributed by atoms with Gasteiger partial charge in [0.15, 0.2) is 6.79 Å². The van der Waals surface area contributed by atoms with Crippen LogP contribution in [0.1, 0.15) is 61.6 Å². The monoisotopic (exact) mass is 535 g/mol. The topological polar surface area (TPSA) is 82.9 Å². The molecule has 0 aliphatic heterocycles. The van der Waals surface area contributed by atoms with Crippen molar-refractivity contribution in [3.05, 3.63) is 71.3 Å². The molecule has 5 rings (SSSR count). The molecule has 1 aromatic heterocycles. The fourth-order valence-corrected chi connectivity index (χ4v) is 5.06. The number of fused-ring (bicyclic) bond motifs is 1. The molecule has 1 unspecified atom stereocenters. The third-order valence-corrected chi connectivity index (χ3v) is 6.92. The summed E-state index contributed by atoms with van der Waals surface area (Å²) in [7, 11) is 1.51. The van der Waals surface area contributed by atoms with E-state index in [1.165, 1.54) is 17.9 Å². The van der Waals surface area contributed by atoms with Crippen molar-refractivity contribution in [1.82, 2.24) is 14.7 Å². The molecule has 0 radical (unpaired) electrons. The Bertz CT molecular complexity index is 1360. The van der Waals surface area contributed by atoms with E-state index < -0.39 is 17.5 Å². The van der Waals surface area contributed by atoms with E-state index in [1.807, 2.05) is 25.7 Å². The maximum atomic E-state index is 14.7. The normalized spacial score (nSPS) is 16.9. The number of halogens is 1. The Morgan fingerprint density at radius 3 is 2.49 bits per heavy atom. The van der Waals surface area contributed by atoms with E-state index in [2.05, 4.69) is 5.10 Å². The highest BCUT2D eigenvalue weighted by molar-refractivity contribution is 5.95. The van der Waals surface area contributed by atoms with Crippen LogP contribution in [0.5, 0.6) is 5.75 Å². The quantitative estimate of drug-likeness (QED) is 0.366. The maximum absolute atomic E-state index is 14.7. The number of carbonyl (C=O) groups is 2. The Morgan fingerprint density at radius 2 is 1.82 bits per heavy atom. The van der Waals surface area contributed by atoms with Gasteiger partial charge < -0.3 is 19.1 Å². The van der Waals surface area contributed by atoms with Crippen molar-refractivity contribution in [2.24, 2.45) is 0 Å². The fraction of sp³-hybridized carbons (Fsp3) is 0.433. The molecule has 2 aliphatic rings. The molecule has 0 saturated heterocycles. The summed E-state index contributed by atoms with van der Waals surface area (Å²) in [6, 6.07) is 11.9. The van der Waals surface area contributed by atoms with Crippen molar-refractivity contribution in [2.45, 2.75) is 70.6 Å². The number of amides is 1. The summed E-state index contributed by atoms with van der Waals surface area (Å²) in [6.07, 6.45) is 5.26. The summed E-state index contributed by atoms with van der Waals surface area (Å²) in [5.74, 6) is -0.0749. The SMILES string of the molecule is COCOc1cccc(F)c1-c1ccc(C(=O)N(C2CC2)C2CCc3nn(C(=O)OC(C)(C)C)cc3C2)cc1. The summed E-state index contributed by atoms with van der Waals surface area (Å²) in [6.45, 7) is 5.46. The molecule has 0 bridgehead atoms. The average molecular weight is 536 g/mol. The molecule has 0 N–H and O–H groups in total. The molecule has 1 heterocycles. The van der Waals surface area contributed by atoms with Crippen molar-refractivity contribution >= 4 is 12.0 Å². The van der Waals surface area contributed by atoms with Crippen molar-refractivity contribution < 1.29 is 28.2 Å². The van der Waals surface area contributed by atoms with E-state index in [9.17, 15) is 14.0 Å². The highest BCUT2D eigenvalue weighted by atomic mass is 19.1. The van der Waals surface area contributed by atoms with Gasteiger partial charge in [-0.2, -0.15) is 9.78 Å². The van der Waals surface area contributed by atoms with Crippen LogP contribution in [0.3, 0.4) is 0 Å². The first kappa shape index (κ1) is 26.9. The molecule has 206 valence electrons. The second-order valence-electron chi connectivity index (χ2n) is 11.1. The number of hydrogen-bond donors (Lipinski definition) is 0. The molecule has 9 heteroatoms. The molecular formula is C30H34FN3O5. The second kappa shape index (κ2) is 10.8. The number of aromatic nitrogens is 2. The number of nitrogens with zero attached hydrogens (tertiary/aromatic N) is 3. The van der Waals surface area contributed by atoms with Gasteiger partial charge in [0, 0.05) is 31.0 Å². The standard InChI is InChI=1S/C30H34FN3O5/c1-30(2,3)39-29(36)33-17-21-16-23(14-15-25(21)32-33)34(22-12-13-22)28(35)20-10-8-19(9-11-20)27-24(31)6-5-7-26(27)38-18-37-4/h5-11,17,22-23H,12-16,18H2,1-4H3. The van der Waals surface area contributed by atoms with Crippen LogP contribution in [0.2, 0.25) is 0 Å². The van der Waals surface area contributed by atoms with Crippen LogP contribution in [0.4, 0.5) is 9.18 Å². The van der Waals surface area contributed by atoms with Crippen LogP contribution >= 0.6 is 0 Å². The number of rotatable bonds is 7. The van der Waals surface area contributed by atoms with Gasteiger partial charge in [0.1, 0.15) is 17.2 Å². The van der Waals surface area contributed by atoms with Crippen LogP contribution in [-0.4, -0.2) is 58.3 Å². The molecule has 8 nitrogen and oxygen atoms in total. The Kier molecular flexibility index (Phi) is 7.44. The Balaban J connectivity index is 1.34. The molecule has 0 spiro atoms. The van der Waals surface area contributed by atoms with Crippen LogP contribution in [0, 0.1) is 5.82 Å². The lowest BCUT2D eigenvalue weighted by molar-refractivity contribution is 0.0509. The molecule has 1 amide bonds. The van der Waals surface area contributed by atoms with Gasteiger partial charge in [-0.05, 0) is 88.3 Å². The van der Waals surface area contributed by atoms with Gasteiger partial charge in [-0.3, -0.25) is 4.79 Å². The van der Waals surface area contributed by atoms with Crippen LogP contribution in [-0.2, 0) is 22.3 Å². The van der Waals surface area contributed by atoms with E-state index >= 15 is 0 Å². The zero-order valence-corrected chi connectivity index (χ0v) is 22.8. The highest BCUT2D eigenvalue weighted by Gasteiger charge is 2.39. The minimum Gasteiger partial charge on any atom is -0.467 e. The number of aryl methyl sites for hydroxylation is 1. The van der Waals surface area contributed by atoms with Crippen molar-refractivity contribution in [2.75, 3.05) is 13.9 Å². The third-order valence-electron chi connectivity index (χ3n) is 6.92. The summed E-state index contributed by atoms with van der Waals surface area (Å²) in [5.41, 5.74) is 2.73. The molecule has 1 fully saturated rings. The first-order valence-electron chi connectivity index (χ1n) is 13.3. The van der Waals surface area contributed by atoms with Gasteiger partial charge in [-0.15, -0.1) is 0 Å². The number of carbonyl (C=O) groups excluding carboxylic acids is 2. The van der Waals surface area contributed by atoms with Gasteiger partial charge in [0.25, 0.3) is 5.91 Å². The lowest BCUT2D eigenvalue weighted by Crippen LogP contribution is -2.44. The summed E-state index contributed by atoms with van der Waals surface area (Å²) >= 11 is 0. The van der Waals surface area contributed by atoms with E-state index in [1.54, 1.807) is 42.6 Å². The largest absolute Gasteiger partial charge is 0.467 e. The fourth-order valence-electron chi connectivity index (χ4n) is 5.06. The van der Waals surface area contributed by atoms with E-state index in [0.717, 1.165) is 30.5 Å². The Hall–Kier alpha value is -3.72. The van der Waals surface area contributed by atoms with Crippen LogP contribution in [0.25, 0.3) is 11.1 Å². The molecule has 3 aromatic rings. The predicted molar refractivity (Wildman–Crippen MR) is 143 cm³/mol. The smallest absolute Gasteiger partial charge is 0.435 e.